The molecule has 1 saturated heterocycles. The van der Waals surface area contributed by atoms with Gasteiger partial charge in [0.2, 0.25) is 0 Å². The minimum absolute atomic E-state index is 0.0459. The summed E-state index contributed by atoms with van der Waals surface area (Å²) in [5, 5.41) is 17.2. The maximum atomic E-state index is 12.8. The summed E-state index contributed by atoms with van der Waals surface area (Å²) in [4.78, 5) is 14.0. The van der Waals surface area contributed by atoms with Gasteiger partial charge in [0.1, 0.15) is 11.6 Å². The van der Waals surface area contributed by atoms with Crippen LogP contribution in [0, 0.1) is 11.3 Å². The zero-order valence-electron chi connectivity index (χ0n) is 20.1. The average molecular weight is 521 g/mol. The number of aromatic nitrogens is 2. The Kier molecular flexibility index (Phi) is 8.28. The van der Waals surface area contributed by atoms with Crippen molar-refractivity contribution in [1.29, 1.82) is 5.26 Å². The fourth-order valence-corrected chi connectivity index (χ4v) is 6.62. The van der Waals surface area contributed by atoms with Crippen LogP contribution in [-0.4, -0.2) is 47.4 Å². The van der Waals surface area contributed by atoms with Gasteiger partial charge >= 0.3 is 0 Å². The number of carbonyl (C=O) groups excluding carboxylic acids is 1. The van der Waals surface area contributed by atoms with E-state index in [1.54, 1.807) is 10.9 Å². The highest BCUT2D eigenvalue weighted by atomic mass is 32.2. The Balaban J connectivity index is 1.65. The number of amides is 1. The van der Waals surface area contributed by atoms with Crippen molar-refractivity contribution in [2.24, 2.45) is 0 Å². The van der Waals surface area contributed by atoms with Gasteiger partial charge in [0, 0.05) is 28.3 Å². The molecule has 186 valence electrons. The van der Waals surface area contributed by atoms with Gasteiger partial charge in [0.15, 0.2) is 9.84 Å². The first-order valence-electron chi connectivity index (χ1n) is 11.9. The van der Waals surface area contributed by atoms with E-state index in [1.165, 1.54) is 11.0 Å². The zero-order chi connectivity index (χ0) is 25.5. The van der Waals surface area contributed by atoms with Crippen molar-refractivity contribution >= 4 is 33.6 Å². The van der Waals surface area contributed by atoms with Gasteiger partial charge in [-0.1, -0.05) is 43.7 Å². The summed E-state index contributed by atoms with van der Waals surface area (Å²) in [5.41, 5.74) is 2.89. The van der Waals surface area contributed by atoms with Crippen LogP contribution in [0.3, 0.4) is 0 Å². The molecule has 1 amide bonds. The van der Waals surface area contributed by atoms with E-state index in [1.807, 2.05) is 60.3 Å². The monoisotopic (exact) mass is 520 g/mol. The summed E-state index contributed by atoms with van der Waals surface area (Å²) < 4.78 is 25.2. The van der Waals surface area contributed by atoms with Crippen molar-refractivity contribution in [3.63, 3.8) is 0 Å². The van der Waals surface area contributed by atoms with Gasteiger partial charge in [-0.3, -0.25) is 4.79 Å². The lowest BCUT2D eigenvalue weighted by atomic mass is 10.1. The Hall–Kier alpha value is -3.35. The fourth-order valence-electron chi connectivity index (χ4n) is 3.95. The number of carbonyl (C=O) groups is 1. The molecule has 0 spiro atoms. The van der Waals surface area contributed by atoms with Crippen molar-refractivity contribution in [2.75, 3.05) is 17.3 Å². The van der Waals surface area contributed by atoms with Crippen LogP contribution < -0.4 is 5.32 Å². The second-order valence-corrected chi connectivity index (χ2v) is 12.1. The van der Waals surface area contributed by atoms with E-state index in [2.05, 4.69) is 24.4 Å². The van der Waals surface area contributed by atoms with Gasteiger partial charge in [0.25, 0.3) is 5.91 Å². The third-order valence-corrected chi connectivity index (χ3v) is 8.76. The van der Waals surface area contributed by atoms with Crippen molar-refractivity contribution < 1.29 is 13.2 Å². The number of hydrogen-bond donors (Lipinski definition) is 1. The number of nitrogens with one attached hydrogen (secondary N) is 1. The Morgan fingerprint density at radius 1 is 1.22 bits per heavy atom. The van der Waals surface area contributed by atoms with Crippen molar-refractivity contribution in [1.82, 2.24) is 15.1 Å². The van der Waals surface area contributed by atoms with E-state index in [-0.39, 0.29) is 17.1 Å². The van der Waals surface area contributed by atoms with E-state index in [0.717, 1.165) is 29.8 Å². The van der Waals surface area contributed by atoms with Crippen LogP contribution in [0.2, 0.25) is 0 Å². The van der Waals surface area contributed by atoms with E-state index < -0.39 is 21.8 Å². The number of rotatable bonds is 9. The molecule has 9 heteroatoms. The molecule has 0 aliphatic carbocycles. The molecule has 1 atom stereocenters. The smallest absolute Gasteiger partial charge is 0.262 e. The summed E-state index contributed by atoms with van der Waals surface area (Å²) >= 11 is 1.81. The molecule has 1 aliphatic heterocycles. The second kappa shape index (κ2) is 11.6. The van der Waals surface area contributed by atoms with Gasteiger partial charge in [-0.25, -0.2) is 13.1 Å². The molecule has 0 bridgehead atoms. The summed E-state index contributed by atoms with van der Waals surface area (Å²) in [5.74, 6) is 0.428. The molecule has 1 aromatic heterocycles. The highest BCUT2D eigenvalue weighted by Crippen LogP contribution is 2.28. The molecule has 3 aromatic rings. The molecule has 2 aromatic carbocycles. The van der Waals surface area contributed by atoms with Crippen LogP contribution >= 0.6 is 11.8 Å². The number of thioether (sulfide) groups is 1. The SMILES string of the molecule is CCCCSc1ccc(-c2nn(-c3ccccc3)cc2/C=C(\C#N)C(=O)N[C@@H]2CCS(=O)(=O)C2)cc1. The second-order valence-electron chi connectivity index (χ2n) is 8.68. The molecule has 36 heavy (non-hydrogen) atoms. The quantitative estimate of drug-likeness (QED) is 0.191. The van der Waals surface area contributed by atoms with E-state index >= 15 is 0 Å². The lowest BCUT2D eigenvalue weighted by molar-refractivity contribution is -0.117. The van der Waals surface area contributed by atoms with Gasteiger partial charge in [0.05, 0.1) is 22.9 Å². The van der Waals surface area contributed by atoms with Crippen LogP contribution in [-0.2, 0) is 14.6 Å². The lowest BCUT2D eigenvalue weighted by Crippen LogP contribution is -2.36. The molecule has 0 radical (unpaired) electrons. The number of unbranched alkanes of at least 4 members (excludes halogenated alkanes) is 1. The fraction of sp³-hybridized carbons (Fsp3) is 0.296. The van der Waals surface area contributed by atoms with Crippen molar-refractivity contribution in [2.45, 2.75) is 37.1 Å². The number of sulfone groups is 1. The normalized spacial score (nSPS) is 17.0. The minimum Gasteiger partial charge on any atom is -0.348 e. The number of hydrogen-bond acceptors (Lipinski definition) is 6. The van der Waals surface area contributed by atoms with E-state index in [9.17, 15) is 18.5 Å². The Bertz CT molecular complexity index is 1390. The molecule has 1 fully saturated rings. The third-order valence-electron chi connectivity index (χ3n) is 5.89. The van der Waals surface area contributed by atoms with Gasteiger partial charge in [-0.2, -0.15) is 10.4 Å². The third kappa shape index (κ3) is 6.45. The average Bonchev–Trinajstić information content (AvgIpc) is 3.46. The van der Waals surface area contributed by atoms with Crippen LogP contribution in [0.1, 0.15) is 31.7 Å². The lowest BCUT2D eigenvalue weighted by Gasteiger charge is -2.10. The standard InChI is InChI=1S/C27H28N4O3S2/c1-2-3-14-35-25-11-9-20(10-12-25)26-22(18-31(30-26)24-7-5-4-6-8-24)16-21(17-28)27(32)29-23-13-15-36(33,34)19-23/h4-12,16,18,23H,2-3,13-15,19H2,1H3,(H,29,32)/b21-16+/t23-/m1/s1. The van der Waals surface area contributed by atoms with E-state index in [0.29, 0.717) is 17.7 Å². The molecule has 0 unspecified atom stereocenters. The summed E-state index contributed by atoms with van der Waals surface area (Å²) in [6, 6.07) is 19.2. The molecule has 0 saturated carbocycles. The Morgan fingerprint density at radius 2 is 1.97 bits per heavy atom. The largest absolute Gasteiger partial charge is 0.348 e. The molecule has 4 rings (SSSR count). The number of nitriles is 1. The summed E-state index contributed by atoms with van der Waals surface area (Å²) in [6.45, 7) is 2.17. The number of para-hydroxylation sites is 1. The minimum atomic E-state index is -3.15. The van der Waals surface area contributed by atoms with Gasteiger partial charge < -0.3 is 5.32 Å². The molecule has 1 N–H and O–H groups in total. The molecule has 7 nitrogen and oxygen atoms in total. The topological polar surface area (TPSA) is 105 Å². The number of benzene rings is 2. The van der Waals surface area contributed by atoms with Crippen LogP contribution in [0.4, 0.5) is 0 Å². The molecule has 2 heterocycles. The maximum absolute atomic E-state index is 12.8. The molecule has 1 aliphatic rings. The van der Waals surface area contributed by atoms with Gasteiger partial charge in [-0.05, 0) is 48.9 Å². The zero-order valence-corrected chi connectivity index (χ0v) is 21.7. The molecular formula is C27H28N4O3S2. The first kappa shape index (κ1) is 25.7. The highest BCUT2D eigenvalue weighted by Gasteiger charge is 2.29. The van der Waals surface area contributed by atoms with Crippen molar-refractivity contribution in [3.05, 3.63) is 71.9 Å². The Morgan fingerprint density at radius 3 is 2.61 bits per heavy atom. The van der Waals surface area contributed by atoms with E-state index in [4.69, 9.17) is 5.10 Å². The Labute approximate surface area is 216 Å². The highest BCUT2D eigenvalue weighted by molar-refractivity contribution is 7.99. The maximum Gasteiger partial charge on any atom is 0.262 e. The van der Waals surface area contributed by atoms with Crippen molar-refractivity contribution in [3.8, 4) is 23.0 Å². The summed E-state index contributed by atoms with van der Waals surface area (Å²) in [6.07, 6.45) is 5.98. The van der Waals surface area contributed by atoms with Crippen LogP contribution in [0.15, 0.2) is 71.3 Å². The first-order valence-corrected chi connectivity index (χ1v) is 14.7. The van der Waals surface area contributed by atoms with Crippen LogP contribution in [0.25, 0.3) is 23.0 Å². The van der Waals surface area contributed by atoms with Crippen LogP contribution in [0.5, 0.6) is 0 Å². The predicted molar refractivity (Wildman–Crippen MR) is 143 cm³/mol. The molecular weight excluding hydrogens is 492 g/mol. The number of nitrogens with zero attached hydrogens (tertiary/aromatic N) is 3. The first-order chi connectivity index (χ1) is 17.4. The summed E-state index contributed by atoms with van der Waals surface area (Å²) in [7, 11) is -3.15. The van der Waals surface area contributed by atoms with Gasteiger partial charge in [-0.15, -0.1) is 11.8 Å². The predicted octanol–water partition coefficient (Wildman–Crippen LogP) is 4.64.